The summed E-state index contributed by atoms with van der Waals surface area (Å²) in [5.74, 6) is -0.362. The average molecular weight is 318 g/mol. The molecule has 1 fully saturated rings. The van der Waals surface area contributed by atoms with E-state index < -0.39 is 0 Å². The molecule has 124 valence electrons. The summed E-state index contributed by atoms with van der Waals surface area (Å²) < 4.78 is 13.2. The zero-order valence-corrected chi connectivity index (χ0v) is 13.5. The van der Waals surface area contributed by atoms with Crippen LogP contribution >= 0.6 is 0 Å². The van der Waals surface area contributed by atoms with Crippen molar-refractivity contribution in [2.24, 2.45) is 0 Å². The van der Waals surface area contributed by atoms with Crippen LogP contribution in [0.15, 0.2) is 29.8 Å². The van der Waals surface area contributed by atoms with Gasteiger partial charge in [0.15, 0.2) is 0 Å². The number of hydrogen-bond acceptors (Lipinski definition) is 2. The number of carbonyl (C=O) groups is 2. The molecule has 0 saturated carbocycles. The Labute approximate surface area is 136 Å². The fraction of sp³-hybridized carbons (Fsp3) is 0.444. The van der Waals surface area contributed by atoms with Crippen molar-refractivity contribution in [2.45, 2.75) is 32.6 Å². The lowest BCUT2D eigenvalue weighted by Crippen LogP contribution is -2.42. The van der Waals surface area contributed by atoms with Crippen molar-refractivity contribution in [2.75, 3.05) is 19.6 Å². The van der Waals surface area contributed by atoms with E-state index in [9.17, 15) is 14.0 Å². The van der Waals surface area contributed by atoms with Gasteiger partial charge < -0.3 is 10.2 Å². The van der Waals surface area contributed by atoms with Gasteiger partial charge in [-0.2, -0.15) is 0 Å². The fourth-order valence-electron chi connectivity index (χ4n) is 2.62. The van der Waals surface area contributed by atoms with Crippen molar-refractivity contribution in [1.29, 1.82) is 0 Å². The van der Waals surface area contributed by atoms with E-state index in [0.29, 0.717) is 19.5 Å². The monoisotopic (exact) mass is 318 g/mol. The predicted molar refractivity (Wildman–Crippen MR) is 88.1 cm³/mol. The Morgan fingerprint density at radius 2 is 2.04 bits per heavy atom. The van der Waals surface area contributed by atoms with Crippen LogP contribution in [-0.4, -0.2) is 36.3 Å². The van der Waals surface area contributed by atoms with Crippen LogP contribution in [0.4, 0.5) is 4.39 Å². The molecule has 1 aromatic carbocycles. The van der Waals surface area contributed by atoms with Crippen LogP contribution in [0.2, 0.25) is 0 Å². The van der Waals surface area contributed by atoms with Crippen LogP contribution in [0.5, 0.6) is 0 Å². The quantitative estimate of drug-likeness (QED) is 0.907. The second-order valence-corrected chi connectivity index (χ2v) is 5.77. The van der Waals surface area contributed by atoms with Crippen LogP contribution < -0.4 is 5.32 Å². The minimum Gasteiger partial charge on any atom is -0.347 e. The molecule has 0 atom stereocenters. The normalized spacial score (nSPS) is 14.5. The molecule has 1 saturated heterocycles. The molecule has 1 heterocycles. The maximum Gasteiger partial charge on any atom is 0.241 e. The minimum atomic E-state index is -0.241. The number of benzene rings is 1. The van der Waals surface area contributed by atoms with Gasteiger partial charge >= 0.3 is 0 Å². The fourth-order valence-corrected chi connectivity index (χ4v) is 2.62. The number of halogens is 1. The van der Waals surface area contributed by atoms with Crippen molar-refractivity contribution in [3.63, 3.8) is 0 Å². The molecule has 1 aliphatic rings. The SMILES string of the molecule is CCCC(=O)NCC(=O)N1CCC(=Cc2cccc(F)c2)CC1. The molecule has 4 nitrogen and oxygen atoms in total. The number of rotatable bonds is 5. The van der Waals surface area contributed by atoms with Crippen molar-refractivity contribution in [1.82, 2.24) is 10.2 Å². The Kier molecular flexibility index (Phi) is 6.32. The van der Waals surface area contributed by atoms with E-state index in [-0.39, 0.29) is 24.2 Å². The number of amides is 2. The van der Waals surface area contributed by atoms with Crippen molar-refractivity contribution in [3.8, 4) is 0 Å². The highest BCUT2D eigenvalue weighted by Crippen LogP contribution is 2.19. The molecule has 2 amide bonds. The zero-order valence-electron chi connectivity index (χ0n) is 13.5. The molecule has 23 heavy (non-hydrogen) atoms. The first-order valence-corrected chi connectivity index (χ1v) is 8.08. The summed E-state index contributed by atoms with van der Waals surface area (Å²) in [6.45, 7) is 3.29. The molecular formula is C18H23FN2O2. The summed E-state index contributed by atoms with van der Waals surface area (Å²) in [5.41, 5.74) is 2.07. The third kappa shape index (κ3) is 5.51. The Morgan fingerprint density at radius 3 is 2.70 bits per heavy atom. The number of nitrogens with one attached hydrogen (secondary N) is 1. The van der Waals surface area contributed by atoms with Crippen molar-refractivity contribution in [3.05, 3.63) is 41.2 Å². The smallest absolute Gasteiger partial charge is 0.241 e. The van der Waals surface area contributed by atoms with Gasteiger partial charge in [-0.3, -0.25) is 9.59 Å². The molecule has 0 bridgehead atoms. The molecule has 1 aromatic rings. The highest BCUT2D eigenvalue weighted by atomic mass is 19.1. The predicted octanol–water partition coefficient (Wildman–Crippen LogP) is 2.75. The van der Waals surface area contributed by atoms with Gasteiger partial charge in [-0.25, -0.2) is 4.39 Å². The number of likely N-dealkylation sites (tertiary alicyclic amines) is 1. The van der Waals surface area contributed by atoms with Gasteiger partial charge in [-0.15, -0.1) is 0 Å². The van der Waals surface area contributed by atoms with Gasteiger partial charge in [0.1, 0.15) is 5.82 Å². The summed E-state index contributed by atoms with van der Waals surface area (Å²) in [7, 11) is 0. The van der Waals surface area contributed by atoms with Crippen molar-refractivity contribution >= 4 is 17.9 Å². The van der Waals surface area contributed by atoms with E-state index in [2.05, 4.69) is 5.32 Å². The third-order valence-corrected chi connectivity index (χ3v) is 3.89. The molecular weight excluding hydrogens is 295 g/mol. The van der Waals surface area contributed by atoms with Crippen LogP contribution in [0.3, 0.4) is 0 Å². The van der Waals surface area contributed by atoms with Gasteiger partial charge in [-0.05, 0) is 37.0 Å². The number of nitrogens with zero attached hydrogens (tertiary/aromatic N) is 1. The minimum absolute atomic E-state index is 0.0424. The van der Waals surface area contributed by atoms with Crippen molar-refractivity contribution < 1.29 is 14.0 Å². The average Bonchev–Trinajstić information content (AvgIpc) is 2.54. The van der Waals surface area contributed by atoms with Crippen LogP contribution in [0.1, 0.15) is 38.2 Å². The largest absolute Gasteiger partial charge is 0.347 e. The Hall–Kier alpha value is -2.17. The van der Waals surface area contributed by atoms with Gasteiger partial charge in [0, 0.05) is 19.5 Å². The lowest BCUT2D eigenvalue weighted by Gasteiger charge is -2.28. The van der Waals surface area contributed by atoms with Gasteiger partial charge in [0.2, 0.25) is 11.8 Å². The lowest BCUT2D eigenvalue weighted by atomic mass is 10.0. The summed E-state index contributed by atoms with van der Waals surface area (Å²) in [6, 6.07) is 6.50. The molecule has 0 aliphatic carbocycles. The molecule has 0 spiro atoms. The van der Waals surface area contributed by atoms with E-state index in [1.54, 1.807) is 11.0 Å². The molecule has 2 rings (SSSR count). The first-order valence-electron chi connectivity index (χ1n) is 8.08. The van der Waals surface area contributed by atoms with Crippen LogP contribution in [-0.2, 0) is 9.59 Å². The first kappa shape index (κ1) is 17.2. The zero-order chi connectivity index (χ0) is 16.7. The molecule has 5 heteroatoms. The summed E-state index contributed by atoms with van der Waals surface area (Å²) >= 11 is 0. The standard InChI is InChI=1S/C18H23FN2O2/c1-2-4-17(22)20-13-18(23)21-9-7-14(8-10-21)11-15-5-3-6-16(19)12-15/h3,5-6,11-12H,2,4,7-10,13H2,1H3,(H,20,22). The van der Waals surface area contributed by atoms with Crippen LogP contribution in [0, 0.1) is 5.82 Å². The second-order valence-electron chi connectivity index (χ2n) is 5.77. The van der Waals surface area contributed by atoms with E-state index in [1.807, 2.05) is 19.1 Å². The summed E-state index contributed by atoms with van der Waals surface area (Å²) in [4.78, 5) is 25.2. The van der Waals surface area contributed by atoms with E-state index in [0.717, 1.165) is 24.8 Å². The molecule has 0 aromatic heterocycles. The molecule has 0 radical (unpaired) electrons. The molecule has 1 aliphatic heterocycles. The summed E-state index contributed by atoms with van der Waals surface area (Å²) in [6.07, 6.45) is 4.79. The highest BCUT2D eigenvalue weighted by molar-refractivity contribution is 5.84. The Morgan fingerprint density at radius 1 is 1.30 bits per heavy atom. The Bertz CT molecular complexity index is 588. The second kappa shape index (κ2) is 8.46. The van der Waals surface area contributed by atoms with Gasteiger partial charge in [-0.1, -0.05) is 30.7 Å². The Balaban J connectivity index is 1.81. The van der Waals surface area contributed by atoms with Gasteiger partial charge in [0.05, 0.1) is 6.54 Å². The lowest BCUT2D eigenvalue weighted by molar-refractivity contribution is -0.133. The van der Waals surface area contributed by atoms with E-state index in [4.69, 9.17) is 0 Å². The number of carbonyl (C=O) groups excluding carboxylic acids is 2. The maximum absolute atomic E-state index is 13.2. The van der Waals surface area contributed by atoms with E-state index in [1.165, 1.54) is 17.7 Å². The van der Waals surface area contributed by atoms with Crippen LogP contribution in [0.25, 0.3) is 6.08 Å². The number of hydrogen-bond donors (Lipinski definition) is 1. The summed E-state index contributed by atoms with van der Waals surface area (Å²) in [5, 5.41) is 2.65. The highest BCUT2D eigenvalue weighted by Gasteiger charge is 2.19. The number of piperidine rings is 1. The van der Waals surface area contributed by atoms with Gasteiger partial charge in [0.25, 0.3) is 0 Å². The first-order chi connectivity index (χ1) is 11.1. The molecule has 1 N–H and O–H groups in total. The topological polar surface area (TPSA) is 49.4 Å². The van der Waals surface area contributed by atoms with E-state index >= 15 is 0 Å². The third-order valence-electron chi connectivity index (χ3n) is 3.89. The maximum atomic E-state index is 13.2. The molecule has 0 unspecified atom stereocenters.